The van der Waals surface area contributed by atoms with Crippen LogP contribution in [0, 0.1) is 0 Å². The molecule has 0 saturated carbocycles. The minimum atomic E-state index is 0.259. The highest BCUT2D eigenvalue weighted by Crippen LogP contribution is 2.31. The smallest absolute Gasteiger partial charge is 0.0702 e. The first-order chi connectivity index (χ1) is 9.83. The third-order valence-electron chi connectivity index (χ3n) is 3.67. The summed E-state index contributed by atoms with van der Waals surface area (Å²) in [5, 5.41) is 6.83. The fraction of sp³-hybridized carbons (Fsp3) is 0.235. The van der Waals surface area contributed by atoms with Gasteiger partial charge in [-0.2, -0.15) is 0 Å². The maximum Gasteiger partial charge on any atom is 0.0702 e. The van der Waals surface area contributed by atoms with Crippen LogP contribution in [0.2, 0.25) is 0 Å². The summed E-state index contributed by atoms with van der Waals surface area (Å²) in [5.74, 6) is 0. The van der Waals surface area contributed by atoms with Crippen LogP contribution in [0.3, 0.4) is 0 Å². The van der Waals surface area contributed by atoms with Gasteiger partial charge in [-0.25, -0.2) is 0 Å². The number of pyridine rings is 1. The first kappa shape index (κ1) is 13.3. The number of benzene rings is 1. The number of aromatic nitrogens is 1. The van der Waals surface area contributed by atoms with Crippen molar-refractivity contribution < 1.29 is 0 Å². The number of hydrogen-bond acceptors (Lipinski definition) is 3. The Morgan fingerprint density at radius 2 is 2.15 bits per heavy atom. The van der Waals surface area contributed by atoms with Gasteiger partial charge in [-0.05, 0) is 54.2 Å². The molecular formula is C17H18N2S. The highest BCUT2D eigenvalue weighted by atomic mass is 32.1. The lowest BCUT2D eigenvalue weighted by atomic mass is 10.00. The molecule has 0 radical (unpaired) electrons. The fourth-order valence-corrected chi connectivity index (χ4v) is 3.75. The first-order valence-corrected chi connectivity index (χ1v) is 7.79. The number of hydrogen-bond donors (Lipinski definition) is 1. The number of fused-ring (bicyclic) bond motifs is 1. The average molecular weight is 282 g/mol. The lowest BCUT2D eigenvalue weighted by Crippen LogP contribution is -2.17. The van der Waals surface area contributed by atoms with E-state index in [2.05, 4.69) is 52.9 Å². The molecule has 0 saturated heterocycles. The highest BCUT2D eigenvalue weighted by Gasteiger charge is 2.16. The van der Waals surface area contributed by atoms with Gasteiger partial charge in [0.15, 0.2) is 0 Å². The van der Waals surface area contributed by atoms with Crippen molar-refractivity contribution in [3.05, 3.63) is 64.0 Å². The summed E-state index contributed by atoms with van der Waals surface area (Å²) in [5.41, 5.74) is 3.78. The van der Waals surface area contributed by atoms with E-state index in [1.807, 2.05) is 30.6 Å². The minimum absolute atomic E-state index is 0.259. The zero-order chi connectivity index (χ0) is 13.9. The van der Waals surface area contributed by atoms with Crippen LogP contribution in [-0.2, 0) is 6.42 Å². The van der Waals surface area contributed by atoms with Gasteiger partial charge >= 0.3 is 0 Å². The number of thiophene rings is 1. The summed E-state index contributed by atoms with van der Waals surface area (Å²) in [4.78, 5) is 5.80. The van der Waals surface area contributed by atoms with Crippen molar-refractivity contribution in [2.75, 3.05) is 7.05 Å². The van der Waals surface area contributed by atoms with Gasteiger partial charge in [-0.3, -0.25) is 4.98 Å². The number of rotatable bonds is 4. The van der Waals surface area contributed by atoms with Crippen LogP contribution in [0.15, 0.2) is 48.0 Å². The normalized spacial score (nSPS) is 12.7. The van der Waals surface area contributed by atoms with Gasteiger partial charge in [0.05, 0.1) is 11.6 Å². The summed E-state index contributed by atoms with van der Waals surface area (Å²) in [6, 6.07) is 13.1. The lowest BCUT2D eigenvalue weighted by molar-refractivity contribution is 0.698. The van der Waals surface area contributed by atoms with Crippen molar-refractivity contribution in [1.29, 1.82) is 0 Å². The van der Waals surface area contributed by atoms with E-state index in [4.69, 9.17) is 0 Å². The number of nitrogens with one attached hydrogen (secondary N) is 1. The zero-order valence-corrected chi connectivity index (χ0v) is 12.6. The summed E-state index contributed by atoms with van der Waals surface area (Å²) >= 11 is 1.83. The molecule has 1 atom stereocenters. The molecule has 0 bridgehead atoms. The molecule has 0 amide bonds. The summed E-state index contributed by atoms with van der Waals surface area (Å²) < 4.78 is 0. The molecular weight excluding hydrogens is 264 g/mol. The lowest BCUT2D eigenvalue weighted by Gasteiger charge is -2.17. The number of aryl methyl sites for hydroxylation is 1. The van der Waals surface area contributed by atoms with Gasteiger partial charge in [0.2, 0.25) is 0 Å². The molecule has 1 N–H and O–H groups in total. The van der Waals surface area contributed by atoms with E-state index in [9.17, 15) is 0 Å². The van der Waals surface area contributed by atoms with Crippen LogP contribution >= 0.6 is 11.3 Å². The second-order valence-corrected chi connectivity index (χ2v) is 5.79. The molecule has 2 aromatic heterocycles. The Hall–Kier alpha value is -1.71. The predicted octanol–water partition coefficient (Wildman–Crippen LogP) is 4.17. The summed E-state index contributed by atoms with van der Waals surface area (Å²) in [6.07, 6.45) is 2.91. The van der Waals surface area contributed by atoms with Crippen molar-refractivity contribution in [2.24, 2.45) is 0 Å². The van der Waals surface area contributed by atoms with Crippen LogP contribution in [0.5, 0.6) is 0 Å². The zero-order valence-electron chi connectivity index (χ0n) is 11.8. The SMILES string of the molecule is CCc1ccsc1C(NC)c1ccc2ncccc2c1. The van der Waals surface area contributed by atoms with Crippen molar-refractivity contribution in [3.8, 4) is 0 Å². The van der Waals surface area contributed by atoms with Gasteiger partial charge in [0, 0.05) is 16.5 Å². The molecule has 3 aromatic rings. The molecule has 2 nitrogen and oxygen atoms in total. The van der Waals surface area contributed by atoms with Crippen LogP contribution in [-0.4, -0.2) is 12.0 Å². The molecule has 3 heteroatoms. The average Bonchev–Trinajstić information content (AvgIpc) is 2.96. The molecule has 0 fully saturated rings. The third-order valence-corrected chi connectivity index (χ3v) is 4.70. The van der Waals surface area contributed by atoms with E-state index in [-0.39, 0.29) is 6.04 Å². The van der Waals surface area contributed by atoms with Crippen molar-refractivity contribution in [3.63, 3.8) is 0 Å². The van der Waals surface area contributed by atoms with Crippen LogP contribution in [0.1, 0.15) is 29.0 Å². The molecule has 102 valence electrons. The van der Waals surface area contributed by atoms with E-state index in [0.29, 0.717) is 0 Å². The topological polar surface area (TPSA) is 24.9 Å². The Labute approximate surface area is 123 Å². The molecule has 2 heterocycles. The van der Waals surface area contributed by atoms with Crippen molar-refractivity contribution >= 4 is 22.2 Å². The fourth-order valence-electron chi connectivity index (χ4n) is 2.62. The molecule has 0 aliphatic heterocycles. The van der Waals surface area contributed by atoms with Gasteiger partial charge < -0.3 is 5.32 Å². The highest BCUT2D eigenvalue weighted by molar-refractivity contribution is 7.10. The summed E-state index contributed by atoms with van der Waals surface area (Å²) in [6.45, 7) is 2.21. The maximum absolute atomic E-state index is 4.39. The van der Waals surface area contributed by atoms with Crippen molar-refractivity contribution in [2.45, 2.75) is 19.4 Å². The van der Waals surface area contributed by atoms with Gasteiger partial charge in [0.1, 0.15) is 0 Å². The molecule has 0 spiro atoms. The van der Waals surface area contributed by atoms with Gasteiger partial charge in [-0.15, -0.1) is 11.3 Å². The predicted molar refractivity (Wildman–Crippen MR) is 86.3 cm³/mol. The molecule has 1 aromatic carbocycles. The Bertz CT molecular complexity index is 718. The van der Waals surface area contributed by atoms with Crippen molar-refractivity contribution in [1.82, 2.24) is 10.3 Å². The van der Waals surface area contributed by atoms with E-state index < -0.39 is 0 Å². The van der Waals surface area contributed by atoms with E-state index in [1.54, 1.807) is 0 Å². The number of nitrogens with zero attached hydrogens (tertiary/aromatic N) is 1. The van der Waals surface area contributed by atoms with E-state index in [1.165, 1.54) is 21.4 Å². The second kappa shape index (κ2) is 5.73. The Morgan fingerprint density at radius 3 is 2.95 bits per heavy atom. The minimum Gasteiger partial charge on any atom is -0.309 e. The second-order valence-electron chi connectivity index (χ2n) is 4.84. The van der Waals surface area contributed by atoms with Crippen LogP contribution in [0.4, 0.5) is 0 Å². The standard InChI is InChI=1S/C17H18N2S/c1-3-12-8-10-20-17(12)16(18-2)14-6-7-15-13(11-14)5-4-9-19-15/h4-11,16,18H,3H2,1-2H3. The molecule has 0 aliphatic carbocycles. The molecule has 20 heavy (non-hydrogen) atoms. The quantitative estimate of drug-likeness (QED) is 0.777. The summed E-state index contributed by atoms with van der Waals surface area (Å²) in [7, 11) is 2.03. The largest absolute Gasteiger partial charge is 0.309 e. The molecule has 1 unspecified atom stereocenters. The molecule has 3 rings (SSSR count). The Kier molecular flexibility index (Phi) is 3.81. The van der Waals surface area contributed by atoms with Gasteiger partial charge in [-0.1, -0.05) is 19.1 Å². The van der Waals surface area contributed by atoms with Crippen LogP contribution < -0.4 is 5.32 Å². The van der Waals surface area contributed by atoms with Crippen LogP contribution in [0.25, 0.3) is 10.9 Å². The Morgan fingerprint density at radius 1 is 1.25 bits per heavy atom. The Balaban J connectivity index is 2.07. The maximum atomic E-state index is 4.39. The van der Waals surface area contributed by atoms with E-state index in [0.717, 1.165) is 11.9 Å². The third kappa shape index (κ3) is 2.35. The van der Waals surface area contributed by atoms with Gasteiger partial charge in [0.25, 0.3) is 0 Å². The monoisotopic (exact) mass is 282 g/mol. The first-order valence-electron chi connectivity index (χ1n) is 6.91. The molecule has 0 aliphatic rings. The van der Waals surface area contributed by atoms with E-state index >= 15 is 0 Å².